The van der Waals surface area contributed by atoms with E-state index >= 15 is 0 Å². The Balaban J connectivity index is 2.30. The number of hydrogen-bond acceptors (Lipinski definition) is 4. The number of carbonyl (C=O) groups excluding carboxylic acids is 3. The lowest BCUT2D eigenvalue weighted by atomic mass is 10.2. The number of amides is 2. The van der Waals surface area contributed by atoms with Crippen molar-refractivity contribution < 1.29 is 19.1 Å². The first kappa shape index (κ1) is 14.8. The molecular formula is C13H21NO4. The predicted molar refractivity (Wildman–Crippen MR) is 65.9 cm³/mol. The summed E-state index contributed by atoms with van der Waals surface area (Å²) < 4.78 is 5.35. The van der Waals surface area contributed by atoms with E-state index in [1.54, 1.807) is 0 Å². The van der Waals surface area contributed by atoms with E-state index in [0.29, 0.717) is 19.6 Å². The Labute approximate surface area is 107 Å². The Kier molecular flexibility index (Phi) is 6.57. The minimum Gasteiger partial charge on any atom is -0.368 e. The molecular weight excluding hydrogens is 234 g/mol. The number of rotatable bonds is 9. The summed E-state index contributed by atoms with van der Waals surface area (Å²) in [5.74, 6) is -0.347. The van der Waals surface area contributed by atoms with Gasteiger partial charge < -0.3 is 9.53 Å². The average molecular weight is 255 g/mol. The summed E-state index contributed by atoms with van der Waals surface area (Å²) in [6, 6.07) is 0. The van der Waals surface area contributed by atoms with Gasteiger partial charge in [-0.2, -0.15) is 0 Å². The molecule has 0 aromatic carbocycles. The van der Waals surface area contributed by atoms with Crippen LogP contribution in [0.3, 0.4) is 0 Å². The summed E-state index contributed by atoms with van der Waals surface area (Å²) in [7, 11) is 0. The van der Waals surface area contributed by atoms with Crippen molar-refractivity contribution in [3.8, 4) is 0 Å². The molecule has 1 aliphatic heterocycles. The van der Waals surface area contributed by atoms with Crippen LogP contribution in [0.25, 0.3) is 0 Å². The van der Waals surface area contributed by atoms with Gasteiger partial charge in [0.2, 0.25) is 5.91 Å². The van der Waals surface area contributed by atoms with Crippen LogP contribution in [0.2, 0.25) is 0 Å². The van der Waals surface area contributed by atoms with Crippen LogP contribution in [0.5, 0.6) is 0 Å². The third-order valence-corrected chi connectivity index (χ3v) is 2.93. The molecule has 1 saturated heterocycles. The van der Waals surface area contributed by atoms with Crippen molar-refractivity contribution in [2.75, 3.05) is 13.2 Å². The van der Waals surface area contributed by atoms with Gasteiger partial charge in [0.05, 0.1) is 6.42 Å². The molecule has 1 unspecified atom stereocenters. The largest absolute Gasteiger partial charge is 0.368 e. The number of carbonyl (C=O) groups is 3. The summed E-state index contributed by atoms with van der Waals surface area (Å²) in [6.07, 6.45) is 4.30. The summed E-state index contributed by atoms with van der Waals surface area (Å²) in [5.41, 5.74) is 0. The normalized spacial score (nSPS) is 19.6. The predicted octanol–water partition coefficient (Wildman–Crippen LogP) is 1.30. The Bertz CT molecular complexity index is 303. The molecule has 5 nitrogen and oxygen atoms in total. The molecule has 1 aliphatic rings. The molecule has 0 radical (unpaired) electrons. The SMILES string of the molecule is CCCOC1CC(=O)N(CCCCCC=O)C1=O. The second-order valence-electron chi connectivity index (χ2n) is 4.46. The number of hydrogen-bond donors (Lipinski definition) is 0. The van der Waals surface area contributed by atoms with E-state index in [4.69, 9.17) is 4.74 Å². The zero-order chi connectivity index (χ0) is 13.4. The van der Waals surface area contributed by atoms with Gasteiger partial charge in [-0.05, 0) is 19.3 Å². The standard InChI is InChI=1S/C13H21NO4/c1-2-9-18-11-10-12(16)14(13(11)17)7-5-3-4-6-8-15/h8,11H,2-7,9-10H2,1H3. The maximum Gasteiger partial charge on any atom is 0.258 e. The van der Waals surface area contributed by atoms with E-state index in [0.717, 1.165) is 32.0 Å². The number of imide groups is 1. The highest BCUT2D eigenvalue weighted by Gasteiger charge is 2.38. The van der Waals surface area contributed by atoms with E-state index in [9.17, 15) is 14.4 Å². The van der Waals surface area contributed by atoms with Crippen molar-refractivity contribution in [2.45, 2.75) is 51.6 Å². The Morgan fingerprint density at radius 1 is 1.33 bits per heavy atom. The molecule has 0 saturated carbocycles. The minimum absolute atomic E-state index is 0.142. The fourth-order valence-corrected chi connectivity index (χ4v) is 1.95. The molecule has 0 aromatic rings. The van der Waals surface area contributed by atoms with Gasteiger partial charge in [-0.3, -0.25) is 14.5 Å². The third-order valence-electron chi connectivity index (χ3n) is 2.93. The van der Waals surface area contributed by atoms with E-state index in [2.05, 4.69) is 0 Å². The lowest BCUT2D eigenvalue weighted by Crippen LogP contribution is -2.33. The minimum atomic E-state index is -0.576. The molecule has 1 fully saturated rings. The second kappa shape index (κ2) is 7.97. The van der Waals surface area contributed by atoms with Gasteiger partial charge in [-0.1, -0.05) is 13.3 Å². The van der Waals surface area contributed by atoms with Crippen molar-refractivity contribution >= 4 is 18.1 Å². The van der Waals surface area contributed by atoms with Gasteiger partial charge in [0.15, 0.2) is 0 Å². The van der Waals surface area contributed by atoms with Crippen LogP contribution in [0.4, 0.5) is 0 Å². The molecule has 0 aromatic heterocycles. The summed E-state index contributed by atoms with van der Waals surface area (Å²) in [6.45, 7) is 2.92. The van der Waals surface area contributed by atoms with Crippen LogP contribution in [0.15, 0.2) is 0 Å². The maximum absolute atomic E-state index is 11.9. The quantitative estimate of drug-likeness (QED) is 0.354. The molecule has 1 rings (SSSR count). The molecule has 102 valence electrons. The van der Waals surface area contributed by atoms with Gasteiger partial charge >= 0.3 is 0 Å². The van der Waals surface area contributed by atoms with Crippen LogP contribution < -0.4 is 0 Å². The van der Waals surface area contributed by atoms with Gasteiger partial charge in [0.25, 0.3) is 5.91 Å². The van der Waals surface area contributed by atoms with Crippen molar-refractivity contribution in [1.82, 2.24) is 4.90 Å². The Morgan fingerprint density at radius 2 is 2.11 bits per heavy atom. The number of ether oxygens (including phenoxy) is 1. The molecule has 0 bridgehead atoms. The summed E-state index contributed by atoms with van der Waals surface area (Å²) in [5, 5.41) is 0. The molecule has 0 aliphatic carbocycles. The first-order valence-corrected chi connectivity index (χ1v) is 6.60. The molecule has 0 spiro atoms. The Morgan fingerprint density at radius 3 is 2.78 bits per heavy atom. The molecule has 5 heteroatoms. The lowest BCUT2D eigenvalue weighted by molar-refractivity contribution is -0.142. The van der Waals surface area contributed by atoms with Crippen LogP contribution in [0, 0.1) is 0 Å². The van der Waals surface area contributed by atoms with Crippen LogP contribution in [0.1, 0.15) is 45.4 Å². The maximum atomic E-state index is 11.9. The molecule has 1 heterocycles. The monoisotopic (exact) mass is 255 g/mol. The summed E-state index contributed by atoms with van der Waals surface area (Å²) in [4.78, 5) is 34.9. The average Bonchev–Trinajstić information content (AvgIpc) is 2.63. The zero-order valence-corrected chi connectivity index (χ0v) is 10.9. The van der Waals surface area contributed by atoms with Crippen LogP contribution >= 0.6 is 0 Å². The third kappa shape index (κ3) is 4.22. The van der Waals surface area contributed by atoms with Gasteiger partial charge in [-0.25, -0.2) is 0 Å². The van der Waals surface area contributed by atoms with Crippen molar-refractivity contribution in [3.63, 3.8) is 0 Å². The fourth-order valence-electron chi connectivity index (χ4n) is 1.95. The molecule has 2 amide bonds. The smallest absolute Gasteiger partial charge is 0.258 e. The van der Waals surface area contributed by atoms with Gasteiger partial charge in [0.1, 0.15) is 12.4 Å². The Hall–Kier alpha value is -1.23. The topological polar surface area (TPSA) is 63.7 Å². The number of nitrogens with zero attached hydrogens (tertiary/aromatic N) is 1. The van der Waals surface area contributed by atoms with Crippen molar-refractivity contribution in [1.29, 1.82) is 0 Å². The highest BCUT2D eigenvalue weighted by molar-refractivity contribution is 6.04. The first-order chi connectivity index (χ1) is 8.70. The highest BCUT2D eigenvalue weighted by atomic mass is 16.5. The second-order valence-corrected chi connectivity index (χ2v) is 4.46. The lowest BCUT2D eigenvalue weighted by Gasteiger charge is -2.14. The zero-order valence-electron chi connectivity index (χ0n) is 10.9. The van der Waals surface area contributed by atoms with E-state index < -0.39 is 6.10 Å². The van der Waals surface area contributed by atoms with Gasteiger partial charge in [-0.15, -0.1) is 0 Å². The van der Waals surface area contributed by atoms with E-state index in [1.165, 1.54) is 4.90 Å². The number of unbranched alkanes of at least 4 members (excludes halogenated alkanes) is 3. The van der Waals surface area contributed by atoms with Crippen LogP contribution in [-0.4, -0.2) is 42.3 Å². The highest BCUT2D eigenvalue weighted by Crippen LogP contribution is 2.17. The van der Waals surface area contributed by atoms with Crippen molar-refractivity contribution in [2.24, 2.45) is 0 Å². The first-order valence-electron chi connectivity index (χ1n) is 6.60. The molecule has 18 heavy (non-hydrogen) atoms. The number of aldehydes is 1. The van der Waals surface area contributed by atoms with Crippen LogP contribution in [-0.2, 0) is 19.1 Å². The summed E-state index contributed by atoms with van der Waals surface area (Å²) >= 11 is 0. The van der Waals surface area contributed by atoms with E-state index in [-0.39, 0.29) is 18.2 Å². The number of likely N-dealkylation sites (tertiary alicyclic amines) is 1. The van der Waals surface area contributed by atoms with E-state index in [1.807, 2.05) is 6.92 Å². The fraction of sp³-hybridized carbons (Fsp3) is 0.769. The van der Waals surface area contributed by atoms with Gasteiger partial charge in [0, 0.05) is 19.6 Å². The van der Waals surface area contributed by atoms with Crippen molar-refractivity contribution in [3.05, 3.63) is 0 Å². The molecule has 1 atom stereocenters. The molecule has 0 N–H and O–H groups in total.